The highest BCUT2D eigenvalue weighted by Crippen LogP contribution is 2.21. The molecule has 0 radical (unpaired) electrons. The van der Waals surface area contributed by atoms with Crippen molar-refractivity contribution in [3.05, 3.63) is 48.2 Å². The van der Waals surface area contributed by atoms with Crippen LogP contribution in [0, 0.1) is 5.92 Å². The Hall–Kier alpha value is -1.83. The molecule has 0 bridgehead atoms. The molecule has 0 amide bonds. The molecule has 0 atom stereocenters. The number of aromatic nitrogens is 1. The molecule has 0 fully saturated rings. The molecule has 1 heterocycles. The SMILES string of the molecule is COc1ccc(-c2ccc(CCCCC(C)C)cc2)cn1. The van der Waals surface area contributed by atoms with E-state index in [1.807, 2.05) is 18.3 Å². The van der Waals surface area contributed by atoms with Crippen molar-refractivity contribution in [1.29, 1.82) is 0 Å². The molecule has 1 aromatic heterocycles. The van der Waals surface area contributed by atoms with E-state index < -0.39 is 0 Å². The van der Waals surface area contributed by atoms with Crippen LogP contribution in [-0.2, 0) is 6.42 Å². The van der Waals surface area contributed by atoms with Crippen LogP contribution in [0.3, 0.4) is 0 Å². The predicted octanol–water partition coefficient (Wildman–Crippen LogP) is 5.13. The fourth-order valence-electron chi connectivity index (χ4n) is 2.42. The second kappa shape index (κ2) is 7.82. The molecular formula is C19H25NO. The van der Waals surface area contributed by atoms with Gasteiger partial charge in [-0.1, -0.05) is 51.0 Å². The van der Waals surface area contributed by atoms with E-state index in [-0.39, 0.29) is 0 Å². The lowest BCUT2D eigenvalue weighted by Gasteiger charge is -2.06. The third-order valence-corrected chi connectivity index (χ3v) is 3.73. The minimum Gasteiger partial charge on any atom is -0.481 e. The second-order valence-corrected chi connectivity index (χ2v) is 5.93. The van der Waals surface area contributed by atoms with Crippen LogP contribution in [0.4, 0.5) is 0 Å². The van der Waals surface area contributed by atoms with Crippen molar-refractivity contribution in [2.45, 2.75) is 39.5 Å². The average Bonchev–Trinajstić information content (AvgIpc) is 2.52. The number of aryl methyl sites for hydroxylation is 1. The first kappa shape index (κ1) is 15.6. The predicted molar refractivity (Wildman–Crippen MR) is 88.6 cm³/mol. The summed E-state index contributed by atoms with van der Waals surface area (Å²) in [4.78, 5) is 4.25. The highest BCUT2D eigenvalue weighted by atomic mass is 16.5. The summed E-state index contributed by atoms with van der Waals surface area (Å²) in [6.45, 7) is 4.58. The van der Waals surface area contributed by atoms with Crippen LogP contribution in [0.1, 0.15) is 38.7 Å². The molecule has 0 spiro atoms. The zero-order valence-corrected chi connectivity index (χ0v) is 13.3. The van der Waals surface area contributed by atoms with E-state index in [1.165, 1.54) is 36.8 Å². The fourth-order valence-corrected chi connectivity index (χ4v) is 2.42. The largest absolute Gasteiger partial charge is 0.481 e. The summed E-state index contributed by atoms with van der Waals surface area (Å²) in [6.07, 6.45) is 6.96. The second-order valence-electron chi connectivity index (χ2n) is 5.93. The first-order valence-electron chi connectivity index (χ1n) is 7.78. The van der Waals surface area contributed by atoms with Crippen LogP contribution >= 0.6 is 0 Å². The van der Waals surface area contributed by atoms with Gasteiger partial charge in [-0.25, -0.2) is 4.98 Å². The van der Waals surface area contributed by atoms with E-state index in [0.717, 1.165) is 11.5 Å². The van der Waals surface area contributed by atoms with Crippen LogP contribution in [0.15, 0.2) is 42.6 Å². The summed E-state index contributed by atoms with van der Waals surface area (Å²) in [5.41, 5.74) is 3.75. The third-order valence-electron chi connectivity index (χ3n) is 3.73. The molecule has 0 aliphatic rings. The quantitative estimate of drug-likeness (QED) is 0.657. The lowest BCUT2D eigenvalue weighted by molar-refractivity contribution is 0.398. The summed E-state index contributed by atoms with van der Waals surface area (Å²) in [5.74, 6) is 1.47. The topological polar surface area (TPSA) is 22.1 Å². The average molecular weight is 283 g/mol. The van der Waals surface area contributed by atoms with Crippen molar-refractivity contribution in [3.63, 3.8) is 0 Å². The van der Waals surface area contributed by atoms with Gasteiger partial charge in [0.1, 0.15) is 0 Å². The smallest absolute Gasteiger partial charge is 0.212 e. The van der Waals surface area contributed by atoms with Crippen LogP contribution in [-0.4, -0.2) is 12.1 Å². The van der Waals surface area contributed by atoms with E-state index in [9.17, 15) is 0 Å². The number of pyridine rings is 1. The molecule has 0 unspecified atom stereocenters. The van der Waals surface area contributed by atoms with Crippen LogP contribution in [0.5, 0.6) is 5.88 Å². The molecular weight excluding hydrogens is 258 g/mol. The molecule has 112 valence electrons. The van der Waals surface area contributed by atoms with Gasteiger partial charge in [0.05, 0.1) is 7.11 Å². The van der Waals surface area contributed by atoms with Crippen molar-refractivity contribution in [1.82, 2.24) is 4.98 Å². The van der Waals surface area contributed by atoms with Crippen molar-refractivity contribution in [2.75, 3.05) is 7.11 Å². The standard InChI is InChI=1S/C19H25NO/c1-15(2)6-4-5-7-16-8-10-17(11-9-16)18-12-13-19(21-3)20-14-18/h8-15H,4-7H2,1-3H3. The number of unbranched alkanes of at least 4 members (excludes halogenated alkanes) is 1. The number of methoxy groups -OCH3 is 1. The van der Waals surface area contributed by atoms with Gasteiger partial charge in [0.25, 0.3) is 0 Å². The first-order valence-corrected chi connectivity index (χ1v) is 7.78. The van der Waals surface area contributed by atoms with Gasteiger partial charge in [-0.15, -0.1) is 0 Å². The minimum atomic E-state index is 0.653. The fraction of sp³-hybridized carbons (Fsp3) is 0.421. The Bertz CT molecular complexity index is 528. The molecule has 2 nitrogen and oxygen atoms in total. The monoisotopic (exact) mass is 283 g/mol. The van der Waals surface area contributed by atoms with E-state index in [1.54, 1.807) is 7.11 Å². The van der Waals surface area contributed by atoms with Crippen molar-refractivity contribution in [2.24, 2.45) is 5.92 Å². The summed E-state index contributed by atoms with van der Waals surface area (Å²) in [6, 6.07) is 12.8. The molecule has 0 saturated carbocycles. The molecule has 2 rings (SSSR count). The molecule has 0 saturated heterocycles. The van der Waals surface area contributed by atoms with Gasteiger partial charge in [-0.05, 0) is 36.0 Å². The van der Waals surface area contributed by atoms with Gasteiger partial charge in [-0.3, -0.25) is 0 Å². The summed E-state index contributed by atoms with van der Waals surface area (Å²) in [5, 5.41) is 0. The Kier molecular flexibility index (Phi) is 5.79. The van der Waals surface area contributed by atoms with Gasteiger partial charge >= 0.3 is 0 Å². The number of hydrogen-bond acceptors (Lipinski definition) is 2. The molecule has 21 heavy (non-hydrogen) atoms. The van der Waals surface area contributed by atoms with E-state index in [0.29, 0.717) is 5.88 Å². The number of benzene rings is 1. The van der Waals surface area contributed by atoms with E-state index in [4.69, 9.17) is 4.74 Å². The van der Waals surface area contributed by atoms with Crippen LogP contribution < -0.4 is 4.74 Å². The number of hydrogen-bond donors (Lipinski definition) is 0. The summed E-state index contributed by atoms with van der Waals surface area (Å²) >= 11 is 0. The zero-order valence-electron chi connectivity index (χ0n) is 13.3. The molecule has 2 aromatic rings. The third kappa shape index (κ3) is 4.89. The van der Waals surface area contributed by atoms with Gasteiger partial charge < -0.3 is 4.74 Å². The van der Waals surface area contributed by atoms with Crippen molar-refractivity contribution < 1.29 is 4.74 Å². The van der Waals surface area contributed by atoms with Crippen LogP contribution in [0.2, 0.25) is 0 Å². The maximum Gasteiger partial charge on any atom is 0.212 e. The molecule has 0 N–H and O–H groups in total. The summed E-state index contributed by atoms with van der Waals surface area (Å²) in [7, 11) is 1.64. The maximum absolute atomic E-state index is 5.08. The molecule has 1 aromatic carbocycles. The van der Waals surface area contributed by atoms with Crippen molar-refractivity contribution in [3.8, 4) is 17.0 Å². The normalized spacial score (nSPS) is 10.9. The summed E-state index contributed by atoms with van der Waals surface area (Å²) < 4.78 is 5.08. The van der Waals surface area contributed by atoms with Crippen molar-refractivity contribution >= 4 is 0 Å². The first-order chi connectivity index (χ1) is 10.2. The van der Waals surface area contributed by atoms with E-state index >= 15 is 0 Å². The number of rotatable bonds is 7. The van der Waals surface area contributed by atoms with Gasteiger partial charge in [0.2, 0.25) is 5.88 Å². The lowest BCUT2D eigenvalue weighted by Crippen LogP contribution is -1.90. The lowest BCUT2D eigenvalue weighted by atomic mass is 10.0. The van der Waals surface area contributed by atoms with Gasteiger partial charge in [0.15, 0.2) is 0 Å². The number of nitrogens with zero attached hydrogens (tertiary/aromatic N) is 1. The molecule has 2 heteroatoms. The molecule has 0 aliphatic carbocycles. The van der Waals surface area contributed by atoms with Crippen LogP contribution in [0.25, 0.3) is 11.1 Å². The number of ether oxygens (including phenoxy) is 1. The Morgan fingerprint density at radius 1 is 0.952 bits per heavy atom. The van der Waals surface area contributed by atoms with Gasteiger partial charge in [-0.2, -0.15) is 0 Å². The Morgan fingerprint density at radius 3 is 2.24 bits per heavy atom. The Morgan fingerprint density at radius 2 is 1.67 bits per heavy atom. The Balaban J connectivity index is 1.91. The molecule has 0 aliphatic heterocycles. The Labute approximate surface area is 128 Å². The van der Waals surface area contributed by atoms with E-state index in [2.05, 4.69) is 43.1 Å². The highest BCUT2D eigenvalue weighted by Gasteiger charge is 2.01. The minimum absolute atomic E-state index is 0.653. The highest BCUT2D eigenvalue weighted by molar-refractivity contribution is 5.62. The maximum atomic E-state index is 5.08. The van der Waals surface area contributed by atoms with Gasteiger partial charge in [0, 0.05) is 17.8 Å². The zero-order chi connectivity index (χ0) is 15.1.